The number of rotatable bonds is 2. The maximum atomic E-state index is 13.0. The number of aliphatic carboxylic acids is 1. The minimum Gasteiger partial charge on any atom is -0.489 e. The number of hydrogen-bond acceptors (Lipinski definition) is 4. The fraction of sp³-hybridized carbons (Fsp3) is 0.556. The fourth-order valence-corrected chi connectivity index (χ4v) is 3.52. The number of carboxylic acid groups (broad SMARTS) is 1. The summed E-state index contributed by atoms with van der Waals surface area (Å²) in [6.45, 7) is 7.73. The molecule has 0 aromatic heterocycles. The van der Waals surface area contributed by atoms with Crippen molar-refractivity contribution in [3.05, 3.63) is 29.3 Å². The highest BCUT2D eigenvalue weighted by Crippen LogP contribution is 2.54. The summed E-state index contributed by atoms with van der Waals surface area (Å²) in [5.74, 6) is -2.66. The lowest BCUT2D eigenvalue weighted by atomic mass is 9.50. The summed E-state index contributed by atoms with van der Waals surface area (Å²) in [4.78, 5) is 8.90. The van der Waals surface area contributed by atoms with Gasteiger partial charge in [0.15, 0.2) is 0 Å². The Kier molecular flexibility index (Phi) is 6.56. The zero-order chi connectivity index (χ0) is 23.0. The summed E-state index contributed by atoms with van der Waals surface area (Å²) in [5.41, 5.74) is 4.05. The third-order valence-electron chi connectivity index (χ3n) is 4.87. The van der Waals surface area contributed by atoms with E-state index in [2.05, 4.69) is 0 Å². The molecule has 0 heterocycles. The van der Waals surface area contributed by atoms with Crippen LogP contribution in [0.4, 0.5) is 26.3 Å². The molecule has 0 unspecified atom stereocenters. The van der Waals surface area contributed by atoms with Gasteiger partial charge in [0.05, 0.1) is 17.2 Å². The van der Waals surface area contributed by atoms with Crippen LogP contribution in [0.1, 0.15) is 38.8 Å². The van der Waals surface area contributed by atoms with Gasteiger partial charge < -0.3 is 15.6 Å². The Morgan fingerprint density at radius 3 is 1.93 bits per heavy atom. The molecule has 0 amide bonds. The van der Waals surface area contributed by atoms with E-state index in [4.69, 9.17) is 25.6 Å². The van der Waals surface area contributed by atoms with Crippen LogP contribution in [0.5, 0.6) is 5.75 Å². The van der Waals surface area contributed by atoms with Crippen molar-refractivity contribution < 1.29 is 41.0 Å². The van der Waals surface area contributed by atoms with E-state index in [1.165, 1.54) is 6.07 Å². The molecule has 162 valence electrons. The molecule has 0 radical (unpaired) electrons. The average Bonchev–Trinajstić information content (AvgIpc) is 2.57. The molecule has 29 heavy (non-hydrogen) atoms. The molecule has 1 aliphatic rings. The number of nitriles is 1. The van der Waals surface area contributed by atoms with Crippen molar-refractivity contribution in [3.8, 4) is 11.8 Å². The van der Waals surface area contributed by atoms with Gasteiger partial charge in [-0.2, -0.15) is 31.6 Å². The Balaban J connectivity index is 0.000000516. The number of hydrogen-bond donors (Lipinski definition) is 2. The van der Waals surface area contributed by atoms with Crippen LogP contribution < -0.4 is 10.5 Å². The molecule has 5 nitrogen and oxygen atoms in total. The smallest absolute Gasteiger partial charge is 0.489 e. The second kappa shape index (κ2) is 7.74. The minimum atomic E-state index is -5.08. The van der Waals surface area contributed by atoms with E-state index in [0.717, 1.165) is 12.1 Å². The number of benzene rings is 1. The maximum Gasteiger partial charge on any atom is 0.490 e. The summed E-state index contributed by atoms with van der Waals surface area (Å²) in [7, 11) is 0. The highest BCUT2D eigenvalue weighted by atomic mass is 19.4. The molecule has 1 aromatic rings. The van der Waals surface area contributed by atoms with E-state index < -0.39 is 29.4 Å². The molecule has 1 aliphatic carbocycles. The molecule has 0 saturated heterocycles. The first-order chi connectivity index (χ1) is 12.9. The van der Waals surface area contributed by atoms with E-state index in [0.29, 0.717) is 0 Å². The van der Waals surface area contributed by atoms with Gasteiger partial charge in [-0.1, -0.05) is 27.7 Å². The van der Waals surface area contributed by atoms with Crippen LogP contribution >= 0.6 is 0 Å². The summed E-state index contributed by atoms with van der Waals surface area (Å²) in [5, 5.41) is 15.9. The third-order valence-corrected chi connectivity index (χ3v) is 4.87. The Morgan fingerprint density at radius 1 is 1.14 bits per heavy atom. The standard InChI is InChI=1S/C16H19F3N2O.C2HF3O2/c1-14(2)12(21)15(3,4)13(14)22-10-6-5-9(8-20)11(7-10)16(17,18)19;3-2(4,5)1(6)7/h5-7,12-13H,21H2,1-4H3;(H,6,7)/t12-,13-;. The van der Waals surface area contributed by atoms with Crippen LogP contribution in [0.25, 0.3) is 0 Å². The van der Waals surface area contributed by atoms with Crippen molar-refractivity contribution in [3.63, 3.8) is 0 Å². The predicted octanol–water partition coefficient (Wildman–Crippen LogP) is 4.35. The maximum absolute atomic E-state index is 13.0. The fourth-order valence-electron chi connectivity index (χ4n) is 3.52. The zero-order valence-electron chi connectivity index (χ0n) is 15.9. The van der Waals surface area contributed by atoms with Crippen LogP contribution in [0.15, 0.2) is 18.2 Å². The number of alkyl halides is 6. The largest absolute Gasteiger partial charge is 0.490 e. The zero-order valence-corrected chi connectivity index (χ0v) is 15.9. The second-order valence-electron chi connectivity index (χ2n) is 7.74. The van der Waals surface area contributed by atoms with Gasteiger partial charge in [-0.05, 0) is 18.2 Å². The average molecular weight is 426 g/mol. The molecule has 11 heteroatoms. The molecule has 1 fully saturated rings. The highest BCUT2D eigenvalue weighted by molar-refractivity contribution is 5.73. The Bertz CT molecular complexity index is 793. The second-order valence-corrected chi connectivity index (χ2v) is 7.74. The minimum absolute atomic E-state index is 0.101. The predicted molar refractivity (Wildman–Crippen MR) is 89.8 cm³/mol. The molecule has 1 saturated carbocycles. The van der Waals surface area contributed by atoms with Crippen molar-refractivity contribution in [1.82, 2.24) is 0 Å². The molecule has 3 N–H and O–H groups in total. The van der Waals surface area contributed by atoms with Crippen LogP contribution in [0.2, 0.25) is 0 Å². The molecule has 1 aromatic carbocycles. The van der Waals surface area contributed by atoms with Crippen molar-refractivity contribution in [2.24, 2.45) is 16.6 Å². The van der Waals surface area contributed by atoms with Gasteiger partial charge in [-0.25, -0.2) is 4.79 Å². The van der Waals surface area contributed by atoms with Crippen molar-refractivity contribution in [1.29, 1.82) is 5.26 Å². The quantitative estimate of drug-likeness (QED) is 0.686. The Labute approximate surface area is 163 Å². The first-order valence-corrected chi connectivity index (χ1v) is 8.20. The molecular formula is C18H20F6N2O3. The van der Waals surface area contributed by atoms with Gasteiger partial charge in [0.25, 0.3) is 0 Å². The van der Waals surface area contributed by atoms with Gasteiger partial charge in [0, 0.05) is 16.9 Å². The lowest BCUT2D eigenvalue weighted by Gasteiger charge is -2.61. The highest BCUT2D eigenvalue weighted by Gasteiger charge is 2.62. The van der Waals surface area contributed by atoms with Gasteiger partial charge in [0.2, 0.25) is 0 Å². The van der Waals surface area contributed by atoms with Gasteiger partial charge in [-0.15, -0.1) is 0 Å². The normalized spacial score (nSPS) is 22.4. The first-order valence-electron chi connectivity index (χ1n) is 8.20. The number of halogens is 6. The third kappa shape index (κ3) is 5.12. The van der Waals surface area contributed by atoms with Crippen molar-refractivity contribution >= 4 is 5.97 Å². The number of nitrogens with zero attached hydrogens (tertiary/aromatic N) is 1. The van der Waals surface area contributed by atoms with E-state index >= 15 is 0 Å². The number of carbonyl (C=O) groups is 1. The number of nitrogens with two attached hydrogens (primary N) is 1. The topological polar surface area (TPSA) is 96.3 Å². The van der Waals surface area contributed by atoms with E-state index in [1.54, 1.807) is 6.07 Å². The number of carboxylic acids is 1. The molecule has 2 rings (SSSR count). The van der Waals surface area contributed by atoms with Gasteiger partial charge in [-0.3, -0.25) is 0 Å². The van der Waals surface area contributed by atoms with Crippen molar-refractivity contribution in [2.75, 3.05) is 0 Å². The lowest BCUT2D eigenvalue weighted by Crippen LogP contribution is -2.72. The number of ether oxygens (including phenoxy) is 1. The van der Waals surface area contributed by atoms with E-state index in [9.17, 15) is 26.3 Å². The van der Waals surface area contributed by atoms with Crippen LogP contribution in [0.3, 0.4) is 0 Å². The van der Waals surface area contributed by atoms with E-state index in [1.807, 2.05) is 27.7 Å². The molecule has 0 bridgehead atoms. The van der Waals surface area contributed by atoms with Crippen LogP contribution in [-0.2, 0) is 11.0 Å². The van der Waals surface area contributed by atoms with E-state index in [-0.39, 0.29) is 28.7 Å². The summed E-state index contributed by atoms with van der Waals surface area (Å²) in [6.07, 6.45) is -9.98. The Hall–Kier alpha value is -2.48. The summed E-state index contributed by atoms with van der Waals surface area (Å²) < 4.78 is 76.5. The van der Waals surface area contributed by atoms with Crippen LogP contribution in [-0.4, -0.2) is 29.4 Å². The van der Waals surface area contributed by atoms with Crippen molar-refractivity contribution in [2.45, 2.75) is 52.2 Å². The first kappa shape index (κ1) is 24.6. The SMILES string of the molecule is CC1(C)[C@H](N)C(C)(C)[C@H]1Oc1ccc(C#N)c(C(F)(F)F)c1.O=C(O)C(F)(F)F. The molecule has 0 aliphatic heterocycles. The molecular weight excluding hydrogens is 406 g/mol. The lowest BCUT2D eigenvalue weighted by molar-refractivity contribution is -0.192. The van der Waals surface area contributed by atoms with Gasteiger partial charge in [0.1, 0.15) is 11.9 Å². The van der Waals surface area contributed by atoms with Gasteiger partial charge >= 0.3 is 18.3 Å². The summed E-state index contributed by atoms with van der Waals surface area (Å²) in [6, 6.07) is 4.86. The molecule has 0 atom stereocenters. The molecule has 0 spiro atoms. The monoisotopic (exact) mass is 426 g/mol. The Morgan fingerprint density at radius 2 is 1.59 bits per heavy atom. The van der Waals surface area contributed by atoms with Crippen LogP contribution in [0, 0.1) is 22.2 Å². The summed E-state index contributed by atoms with van der Waals surface area (Å²) >= 11 is 0.